The molecular weight excluding hydrogens is 451 g/mol. The van der Waals surface area contributed by atoms with Crippen molar-refractivity contribution in [2.45, 2.75) is 43.8 Å². The van der Waals surface area contributed by atoms with E-state index >= 15 is 0 Å². The van der Waals surface area contributed by atoms with Gasteiger partial charge in [-0.1, -0.05) is 0 Å². The number of aryl methyl sites for hydroxylation is 1. The summed E-state index contributed by atoms with van der Waals surface area (Å²) >= 11 is 0. The van der Waals surface area contributed by atoms with Crippen molar-refractivity contribution in [3.63, 3.8) is 0 Å². The minimum Gasteiger partial charge on any atom is -0.393 e. The molecule has 2 fully saturated rings. The van der Waals surface area contributed by atoms with Crippen LogP contribution in [-0.4, -0.2) is 58.9 Å². The van der Waals surface area contributed by atoms with Crippen LogP contribution in [0, 0.1) is 5.82 Å². The van der Waals surface area contributed by atoms with Gasteiger partial charge in [0.15, 0.2) is 11.5 Å². The number of fused-ring (bicyclic) bond motifs is 2. The number of nitrogens with zero attached hydrogens (tertiary/aromatic N) is 7. The second kappa shape index (κ2) is 7.29. The molecule has 34 heavy (non-hydrogen) atoms. The van der Waals surface area contributed by atoms with E-state index in [0.29, 0.717) is 47.9 Å². The van der Waals surface area contributed by atoms with E-state index in [1.165, 1.54) is 38.6 Å². The summed E-state index contributed by atoms with van der Waals surface area (Å²) in [6, 6.07) is 3.94. The predicted molar refractivity (Wildman–Crippen MR) is 118 cm³/mol. The highest BCUT2D eigenvalue weighted by Gasteiger charge is 2.46. The summed E-state index contributed by atoms with van der Waals surface area (Å²) in [4.78, 5) is 28.2. The highest BCUT2D eigenvalue weighted by Crippen LogP contribution is 2.37. The van der Waals surface area contributed by atoms with Crippen LogP contribution in [0.25, 0.3) is 28.1 Å². The smallest absolute Gasteiger partial charge is 0.330 e. The van der Waals surface area contributed by atoms with Gasteiger partial charge in [-0.3, -0.25) is 13.7 Å². The highest BCUT2D eigenvalue weighted by atomic mass is 19.3. The summed E-state index contributed by atoms with van der Waals surface area (Å²) in [6.45, 7) is -1.04. The maximum atomic E-state index is 14.0. The number of alkyl halides is 2. The molecule has 0 atom stereocenters. The number of aliphatic hydroxyl groups is 1. The SMILES string of the molecule is Cn1c(=O)n(C2CCC(O)CC2)c2nc(-n3cnc4ccc(F)cc43)nc(N3CC(F)(F)C3)c21. The first kappa shape index (κ1) is 21.1. The van der Waals surface area contributed by atoms with Crippen molar-refractivity contribution >= 4 is 28.0 Å². The Labute approximate surface area is 191 Å². The lowest BCUT2D eigenvalue weighted by Crippen LogP contribution is -2.56. The van der Waals surface area contributed by atoms with Crippen molar-refractivity contribution in [2.24, 2.45) is 7.05 Å². The Morgan fingerprint density at radius 3 is 2.56 bits per heavy atom. The Balaban J connectivity index is 1.60. The summed E-state index contributed by atoms with van der Waals surface area (Å²) < 4.78 is 46.0. The minimum absolute atomic E-state index is 0.112. The Kier molecular flexibility index (Phi) is 4.54. The lowest BCUT2D eigenvalue weighted by molar-refractivity contribution is -0.0265. The van der Waals surface area contributed by atoms with Crippen LogP contribution in [-0.2, 0) is 7.05 Å². The van der Waals surface area contributed by atoms with Gasteiger partial charge in [-0.25, -0.2) is 22.9 Å². The fourth-order valence-electron chi connectivity index (χ4n) is 5.01. The van der Waals surface area contributed by atoms with E-state index in [1.807, 2.05) is 0 Å². The van der Waals surface area contributed by atoms with Gasteiger partial charge in [-0.05, 0) is 37.8 Å². The topological polar surface area (TPSA) is 94.0 Å². The van der Waals surface area contributed by atoms with Crippen LogP contribution >= 0.6 is 0 Å². The van der Waals surface area contributed by atoms with Crippen LogP contribution in [0.3, 0.4) is 0 Å². The minimum atomic E-state index is -2.84. The first-order chi connectivity index (χ1) is 16.2. The zero-order chi connectivity index (χ0) is 23.8. The average Bonchev–Trinajstić information content (AvgIpc) is 3.31. The van der Waals surface area contributed by atoms with Crippen molar-refractivity contribution in [1.82, 2.24) is 28.7 Å². The lowest BCUT2D eigenvalue weighted by atomic mass is 9.93. The molecule has 4 heterocycles. The van der Waals surface area contributed by atoms with Crippen molar-refractivity contribution in [1.29, 1.82) is 0 Å². The molecule has 0 radical (unpaired) electrons. The van der Waals surface area contributed by atoms with Gasteiger partial charge in [-0.15, -0.1) is 0 Å². The quantitative estimate of drug-likeness (QED) is 0.492. The van der Waals surface area contributed by atoms with E-state index in [1.54, 1.807) is 11.6 Å². The van der Waals surface area contributed by atoms with E-state index in [2.05, 4.69) is 15.0 Å². The van der Waals surface area contributed by atoms with E-state index < -0.39 is 30.9 Å². The Morgan fingerprint density at radius 2 is 1.85 bits per heavy atom. The van der Waals surface area contributed by atoms with Crippen LogP contribution < -0.4 is 10.6 Å². The summed E-state index contributed by atoms with van der Waals surface area (Å²) in [5, 5.41) is 9.92. The molecule has 12 heteroatoms. The average molecular weight is 473 g/mol. The van der Waals surface area contributed by atoms with E-state index in [9.17, 15) is 23.1 Å². The van der Waals surface area contributed by atoms with Gasteiger partial charge in [0.1, 0.15) is 17.7 Å². The largest absolute Gasteiger partial charge is 0.393 e. The molecule has 1 aliphatic carbocycles. The van der Waals surface area contributed by atoms with Crippen molar-refractivity contribution in [2.75, 3.05) is 18.0 Å². The molecule has 4 aromatic rings. The molecule has 2 aliphatic rings. The van der Waals surface area contributed by atoms with Gasteiger partial charge in [0.05, 0.1) is 30.2 Å². The molecule has 1 aromatic carbocycles. The number of rotatable bonds is 3. The number of anilines is 1. The van der Waals surface area contributed by atoms with Crippen LogP contribution in [0.1, 0.15) is 31.7 Å². The molecule has 178 valence electrons. The Bertz CT molecular complexity index is 1480. The Morgan fingerprint density at radius 1 is 1.12 bits per heavy atom. The van der Waals surface area contributed by atoms with Gasteiger partial charge < -0.3 is 10.0 Å². The fourth-order valence-corrected chi connectivity index (χ4v) is 5.01. The number of aliphatic hydroxyl groups excluding tert-OH is 1. The van der Waals surface area contributed by atoms with E-state index in [-0.39, 0.29) is 23.5 Å². The molecular formula is C22H22F3N7O2. The van der Waals surface area contributed by atoms with Crippen LogP contribution in [0.4, 0.5) is 19.0 Å². The van der Waals surface area contributed by atoms with Crippen LogP contribution in [0.15, 0.2) is 29.3 Å². The number of aromatic nitrogens is 6. The third-order valence-electron chi connectivity index (χ3n) is 6.79. The molecule has 0 unspecified atom stereocenters. The molecule has 6 rings (SSSR count). The third kappa shape index (κ3) is 3.19. The summed E-state index contributed by atoms with van der Waals surface area (Å²) in [5.41, 5.74) is 1.31. The summed E-state index contributed by atoms with van der Waals surface area (Å²) in [7, 11) is 1.57. The standard InChI is InChI=1S/C22H22F3N7O2/c1-29-17-18(30-9-22(24,25)10-30)27-20(31-11-26-15-7-2-12(23)8-16(15)31)28-19(17)32(21(29)34)13-3-5-14(33)6-4-13/h2,7-8,11,13-14,33H,3-6,9-10H2,1H3. The van der Waals surface area contributed by atoms with E-state index in [4.69, 9.17) is 0 Å². The number of benzene rings is 1. The maximum absolute atomic E-state index is 14.0. The van der Waals surface area contributed by atoms with Crippen LogP contribution in [0.2, 0.25) is 0 Å². The predicted octanol–water partition coefficient (Wildman–Crippen LogP) is 2.54. The summed E-state index contributed by atoms with van der Waals surface area (Å²) in [5.74, 6) is -2.97. The zero-order valence-corrected chi connectivity index (χ0v) is 18.3. The maximum Gasteiger partial charge on any atom is 0.330 e. The first-order valence-electron chi connectivity index (χ1n) is 11.1. The number of imidazole rings is 2. The molecule has 0 spiro atoms. The fraction of sp³-hybridized carbons (Fsp3) is 0.455. The van der Waals surface area contributed by atoms with Gasteiger partial charge in [0, 0.05) is 19.2 Å². The summed E-state index contributed by atoms with van der Waals surface area (Å²) in [6.07, 6.45) is 3.34. The van der Waals surface area contributed by atoms with Crippen molar-refractivity contribution in [3.05, 3.63) is 40.8 Å². The van der Waals surface area contributed by atoms with Gasteiger partial charge in [0.25, 0.3) is 5.92 Å². The molecule has 3 aromatic heterocycles. The second-order valence-electron chi connectivity index (χ2n) is 9.15. The molecule has 9 nitrogen and oxygen atoms in total. The van der Waals surface area contributed by atoms with E-state index in [0.717, 1.165) is 0 Å². The van der Waals surface area contributed by atoms with Crippen molar-refractivity contribution < 1.29 is 18.3 Å². The monoisotopic (exact) mass is 473 g/mol. The van der Waals surface area contributed by atoms with Crippen molar-refractivity contribution in [3.8, 4) is 5.95 Å². The number of hydrogen-bond donors (Lipinski definition) is 1. The van der Waals surface area contributed by atoms with Gasteiger partial charge in [-0.2, -0.15) is 9.97 Å². The normalized spacial score (nSPS) is 22.4. The molecule has 1 aliphatic heterocycles. The zero-order valence-electron chi connectivity index (χ0n) is 18.3. The van der Waals surface area contributed by atoms with Crippen LogP contribution in [0.5, 0.6) is 0 Å². The lowest BCUT2D eigenvalue weighted by Gasteiger charge is -2.39. The van der Waals surface area contributed by atoms with Gasteiger partial charge in [0.2, 0.25) is 5.95 Å². The number of halogens is 3. The molecule has 0 bridgehead atoms. The Hall–Kier alpha value is -3.41. The van der Waals surface area contributed by atoms with Gasteiger partial charge >= 0.3 is 5.69 Å². The molecule has 1 saturated carbocycles. The molecule has 0 amide bonds. The molecule has 1 N–H and O–H groups in total. The molecule has 1 saturated heterocycles. The first-order valence-corrected chi connectivity index (χ1v) is 11.1. The highest BCUT2D eigenvalue weighted by molar-refractivity contribution is 5.86. The number of hydrogen-bond acceptors (Lipinski definition) is 6. The third-order valence-corrected chi connectivity index (χ3v) is 6.79. The second-order valence-corrected chi connectivity index (χ2v) is 9.15.